The van der Waals surface area contributed by atoms with Gasteiger partial charge in [-0.05, 0) is 24.3 Å². The Hall–Kier alpha value is -1.96. The molecule has 0 saturated heterocycles. The normalized spacial score (nSPS) is 10.4. The molecule has 0 fully saturated rings. The van der Waals surface area contributed by atoms with Crippen molar-refractivity contribution in [3.63, 3.8) is 0 Å². The highest BCUT2D eigenvalue weighted by molar-refractivity contribution is 5.39. The number of nitrogens with zero attached hydrogens (tertiary/aromatic N) is 2. The fourth-order valence-electron chi connectivity index (χ4n) is 2.31. The number of benzene rings is 2. The van der Waals surface area contributed by atoms with Crippen LogP contribution in [0.1, 0.15) is 65.2 Å². The summed E-state index contributed by atoms with van der Waals surface area (Å²) in [4.78, 5) is 0. The number of hydrogen-bond donors (Lipinski definition) is 0. The molecule has 2 heteroatoms. The van der Waals surface area contributed by atoms with Crippen molar-refractivity contribution < 1.29 is 0 Å². The molecule has 0 aromatic heterocycles. The SMILES string of the molecule is CCCCCCCCCC.c1ccc(/N=N/c2ccccc2)cc1. The summed E-state index contributed by atoms with van der Waals surface area (Å²) in [6, 6.07) is 19.4. The Morgan fingerprint density at radius 3 is 1.17 bits per heavy atom. The van der Waals surface area contributed by atoms with Crippen molar-refractivity contribution in [3.8, 4) is 0 Å². The first-order valence-corrected chi connectivity index (χ1v) is 9.38. The van der Waals surface area contributed by atoms with Gasteiger partial charge in [-0.25, -0.2) is 0 Å². The van der Waals surface area contributed by atoms with E-state index >= 15 is 0 Å². The molecule has 2 rings (SSSR count). The van der Waals surface area contributed by atoms with E-state index in [9.17, 15) is 0 Å². The van der Waals surface area contributed by atoms with Gasteiger partial charge >= 0.3 is 0 Å². The summed E-state index contributed by atoms with van der Waals surface area (Å²) in [7, 11) is 0. The maximum Gasteiger partial charge on any atom is 0.0857 e. The summed E-state index contributed by atoms with van der Waals surface area (Å²) in [5, 5.41) is 8.20. The predicted octanol–water partition coefficient (Wildman–Crippen LogP) is 8.25. The van der Waals surface area contributed by atoms with Crippen LogP contribution < -0.4 is 0 Å². The molecule has 0 aliphatic rings. The van der Waals surface area contributed by atoms with Crippen LogP contribution in [-0.4, -0.2) is 0 Å². The number of hydrogen-bond acceptors (Lipinski definition) is 2. The lowest BCUT2D eigenvalue weighted by Gasteiger charge is -1.97. The van der Waals surface area contributed by atoms with Crippen LogP contribution in [0, 0.1) is 0 Å². The molecular weight excluding hydrogens is 292 g/mol. The Morgan fingerprint density at radius 2 is 0.833 bits per heavy atom. The minimum Gasteiger partial charge on any atom is -0.151 e. The molecular formula is C22H32N2. The first-order valence-electron chi connectivity index (χ1n) is 9.38. The highest BCUT2D eigenvalue weighted by Gasteiger charge is 1.88. The molecule has 0 radical (unpaired) electrons. The van der Waals surface area contributed by atoms with Gasteiger partial charge < -0.3 is 0 Å². The molecule has 0 spiro atoms. The van der Waals surface area contributed by atoms with E-state index in [1.807, 2.05) is 60.7 Å². The molecule has 0 amide bonds. The summed E-state index contributed by atoms with van der Waals surface area (Å²) >= 11 is 0. The van der Waals surface area contributed by atoms with E-state index in [0.29, 0.717) is 0 Å². The monoisotopic (exact) mass is 324 g/mol. The number of rotatable bonds is 9. The fourth-order valence-corrected chi connectivity index (χ4v) is 2.31. The standard InChI is InChI=1S/C12H10N2.C10H22/c1-3-7-11(8-4-1)13-14-12-9-5-2-6-10-12;1-3-5-7-9-10-8-6-4-2/h1-10H;3-10H2,1-2H3/b14-13+;. The molecule has 0 heterocycles. The van der Waals surface area contributed by atoms with Crippen molar-refractivity contribution in [3.05, 3.63) is 60.7 Å². The van der Waals surface area contributed by atoms with Gasteiger partial charge in [0.1, 0.15) is 0 Å². The summed E-state index contributed by atoms with van der Waals surface area (Å²) < 4.78 is 0. The van der Waals surface area contributed by atoms with Crippen LogP contribution in [0.4, 0.5) is 11.4 Å². The van der Waals surface area contributed by atoms with E-state index < -0.39 is 0 Å². The van der Waals surface area contributed by atoms with Gasteiger partial charge in [0.2, 0.25) is 0 Å². The summed E-state index contributed by atoms with van der Waals surface area (Å²) in [6.07, 6.45) is 11.5. The first-order chi connectivity index (χ1) is 11.9. The van der Waals surface area contributed by atoms with E-state index in [1.165, 1.54) is 51.4 Å². The van der Waals surface area contributed by atoms with Crippen LogP contribution in [0.15, 0.2) is 70.9 Å². The minimum absolute atomic E-state index is 0.872. The topological polar surface area (TPSA) is 24.7 Å². The smallest absolute Gasteiger partial charge is 0.0857 e. The summed E-state index contributed by atoms with van der Waals surface area (Å²) in [6.45, 7) is 4.54. The Kier molecular flexibility index (Phi) is 12.2. The van der Waals surface area contributed by atoms with E-state index in [-0.39, 0.29) is 0 Å². The molecule has 24 heavy (non-hydrogen) atoms. The van der Waals surface area contributed by atoms with Crippen LogP contribution in [0.5, 0.6) is 0 Å². The minimum atomic E-state index is 0.872. The van der Waals surface area contributed by atoms with Gasteiger partial charge in [-0.2, -0.15) is 10.2 Å². The van der Waals surface area contributed by atoms with E-state index in [2.05, 4.69) is 24.1 Å². The molecule has 0 atom stereocenters. The highest BCUT2D eigenvalue weighted by Crippen LogP contribution is 2.16. The largest absolute Gasteiger partial charge is 0.151 e. The third-order valence-corrected chi connectivity index (χ3v) is 3.75. The predicted molar refractivity (Wildman–Crippen MR) is 105 cm³/mol. The molecule has 2 aromatic rings. The summed E-state index contributed by atoms with van der Waals surface area (Å²) in [5.74, 6) is 0. The van der Waals surface area contributed by atoms with Crippen LogP contribution in [0.25, 0.3) is 0 Å². The van der Waals surface area contributed by atoms with Gasteiger partial charge in [-0.3, -0.25) is 0 Å². The zero-order valence-electron chi connectivity index (χ0n) is 15.3. The Balaban J connectivity index is 0.000000257. The average Bonchev–Trinajstić information content (AvgIpc) is 2.65. The molecule has 130 valence electrons. The van der Waals surface area contributed by atoms with Crippen molar-refractivity contribution in [2.45, 2.75) is 65.2 Å². The van der Waals surface area contributed by atoms with Gasteiger partial charge in [-0.1, -0.05) is 102 Å². The lowest BCUT2D eigenvalue weighted by Crippen LogP contribution is -1.77. The van der Waals surface area contributed by atoms with E-state index in [1.54, 1.807) is 0 Å². The van der Waals surface area contributed by atoms with Gasteiger partial charge in [0.05, 0.1) is 11.4 Å². The van der Waals surface area contributed by atoms with Gasteiger partial charge in [0.15, 0.2) is 0 Å². The summed E-state index contributed by atoms with van der Waals surface area (Å²) in [5.41, 5.74) is 1.74. The quantitative estimate of drug-likeness (QED) is 0.327. The van der Waals surface area contributed by atoms with Crippen molar-refractivity contribution in [1.29, 1.82) is 0 Å². The average molecular weight is 325 g/mol. The second kappa shape index (κ2) is 14.6. The molecule has 0 bridgehead atoms. The maximum absolute atomic E-state index is 4.10. The molecule has 0 aliphatic carbocycles. The van der Waals surface area contributed by atoms with Crippen molar-refractivity contribution >= 4 is 11.4 Å². The van der Waals surface area contributed by atoms with Crippen molar-refractivity contribution in [2.75, 3.05) is 0 Å². The fraction of sp³-hybridized carbons (Fsp3) is 0.455. The molecule has 0 N–H and O–H groups in total. The Labute approximate surface area is 148 Å². The van der Waals surface area contributed by atoms with Gasteiger partial charge in [-0.15, -0.1) is 0 Å². The molecule has 2 nitrogen and oxygen atoms in total. The van der Waals surface area contributed by atoms with Crippen LogP contribution in [-0.2, 0) is 0 Å². The number of unbranched alkanes of at least 4 members (excludes halogenated alkanes) is 7. The molecule has 0 unspecified atom stereocenters. The third-order valence-electron chi connectivity index (χ3n) is 3.75. The second-order valence-corrected chi connectivity index (χ2v) is 5.99. The molecule has 2 aromatic carbocycles. The van der Waals surface area contributed by atoms with Crippen LogP contribution >= 0.6 is 0 Å². The second-order valence-electron chi connectivity index (χ2n) is 5.99. The van der Waals surface area contributed by atoms with Crippen molar-refractivity contribution in [1.82, 2.24) is 0 Å². The highest BCUT2D eigenvalue weighted by atomic mass is 15.1. The third kappa shape index (κ3) is 10.7. The van der Waals surface area contributed by atoms with Crippen LogP contribution in [0.2, 0.25) is 0 Å². The lowest BCUT2D eigenvalue weighted by atomic mass is 10.1. The Bertz CT molecular complexity index is 471. The zero-order valence-corrected chi connectivity index (χ0v) is 15.3. The zero-order chi connectivity index (χ0) is 17.3. The van der Waals surface area contributed by atoms with E-state index in [0.717, 1.165) is 11.4 Å². The van der Waals surface area contributed by atoms with E-state index in [4.69, 9.17) is 0 Å². The van der Waals surface area contributed by atoms with Gasteiger partial charge in [0.25, 0.3) is 0 Å². The molecule has 0 aliphatic heterocycles. The number of azo groups is 1. The van der Waals surface area contributed by atoms with Gasteiger partial charge in [0, 0.05) is 0 Å². The van der Waals surface area contributed by atoms with Crippen LogP contribution in [0.3, 0.4) is 0 Å². The maximum atomic E-state index is 4.10. The lowest BCUT2D eigenvalue weighted by molar-refractivity contribution is 0.585. The Morgan fingerprint density at radius 1 is 0.500 bits per heavy atom. The molecule has 0 saturated carbocycles. The first kappa shape index (κ1) is 20.1. The van der Waals surface area contributed by atoms with Crippen molar-refractivity contribution in [2.24, 2.45) is 10.2 Å².